The molecule has 1 fully saturated rings. The van der Waals surface area contributed by atoms with Crippen LogP contribution in [-0.2, 0) is 20.9 Å². The number of hydrogen-bond acceptors (Lipinski definition) is 3. The van der Waals surface area contributed by atoms with E-state index in [1.54, 1.807) is 0 Å². The minimum atomic E-state index is -0.750. The van der Waals surface area contributed by atoms with Gasteiger partial charge in [0.15, 0.2) is 0 Å². The summed E-state index contributed by atoms with van der Waals surface area (Å²) in [6.45, 7) is 4.24. The van der Waals surface area contributed by atoms with Gasteiger partial charge in [0.1, 0.15) is 6.61 Å². The summed E-state index contributed by atoms with van der Waals surface area (Å²) < 4.78 is 5.47. The average molecular weight is 303 g/mol. The lowest BCUT2D eigenvalue weighted by Gasteiger charge is -2.28. The molecular formula is C18H25NO3. The minimum absolute atomic E-state index is 0.0549. The highest BCUT2D eigenvalue weighted by Gasteiger charge is 2.49. The highest BCUT2D eigenvalue weighted by Crippen LogP contribution is 2.36. The van der Waals surface area contributed by atoms with Crippen LogP contribution in [-0.4, -0.2) is 17.9 Å². The predicted molar refractivity (Wildman–Crippen MR) is 85.0 cm³/mol. The number of carbonyl (C=O) groups is 2. The van der Waals surface area contributed by atoms with Crippen LogP contribution in [0.1, 0.15) is 51.5 Å². The van der Waals surface area contributed by atoms with Gasteiger partial charge in [-0.1, -0.05) is 56.5 Å². The van der Waals surface area contributed by atoms with E-state index in [1.807, 2.05) is 37.3 Å². The van der Waals surface area contributed by atoms with Crippen LogP contribution in [0, 0.1) is 5.41 Å². The Bertz CT molecular complexity index is 514. The van der Waals surface area contributed by atoms with Crippen LogP contribution in [0.5, 0.6) is 0 Å². The Labute approximate surface area is 132 Å². The van der Waals surface area contributed by atoms with Crippen LogP contribution in [0.2, 0.25) is 0 Å². The van der Waals surface area contributed by atoms with Gasteiger partial charge in [0, 0.05) is 12.5 Å². The molecule has 120 valence electrons. The molecule has 1 saturated heterocycles. The van der Waals surface area contributed by atoms with Gasteiger partial charge in [-0.2, -0.15) is 0 Å². The summed E-state index contributed by atoms with van der Waals surface area (Å²) in [6.07, 6.45) is 4.30. The third kappa shape index (κ3) is 3.87. The van der Waals surface area contributed by atoms with Crippen LogP contribution in [0.4, 0.5) is 0 Å². The van der Waals surface area contributed by atoms with Crippen LogP contribution < -0.4 is 5.32 Å². The number of carbonyl (C=O) groups excluding carboxylic acids is 2. The molecule has 1 aromatic rings. The van der Waals surface area contributed by atoms with Crippen molar-refractivity contribution in [2.45, 2.75) is 58.6 Å². The Kier molecular flexibility index (Phi) is 5.58. The van der Waals surface area contributed by atoms with Crippen molar-refractivity contribution in [3.05, 3.63) is 35.9 Å². The monoisotopic (exact) mass is 303 g/mol. The molecule has 1 aromatic carbocycles. The quantitative estimate of drug-likeness (QED) is 0.621. The molecule has 0 unspecified atom stereocenters. The van der Waals surface area contributed by atoms with E-state index in [1.165, 1.54) is 0 Å². The standard InChI is InChI=1S/C18H25NO3/c1-3-4-6-11-15-18(2,12-16(20)19-15)17(21)22-13-14-9-7-5-8-10-14/h5,7-10,15H,3-4,6,11-13H2,1-2H3,(H,19,20)/t15-,18+/m1/s1. The van der Waals surface area contributed by atoms with Crippen molar-refractivity contribution < 1.29 is 14.3 Å². The first-order valence-corrected chi connectivity index (χ1v) is 8.07. The number of hydrogen-bond donors (Lipinski definition) is 1. The molecule has 0 saturated carbocycles. The van der Waals surface area contributed by atoms with Crippen molar-refractivity contribution in [1.29, 1.82) is 0 Å². The number of ether oxygens (including phenoxy) is 1. The number of unbranched alkanes of at least 4 members (excludes halogenated alkanes) is 2. The lowest BCUT2D eigenvalue weighted by Crippen LogP contribution is -2.41. The highest BCUT2D eigenvalue weighted by molar-refractivity contribution is 5.90. The molecule has 1 aliphatic heterocycles. The van der Waals surface area contributed by atoms with Crippen LogP contribution in [0.3, 0.4) is 0 Å². The molecule has 1 amide bonds. The van der Waals surface area contributed by atoms with Crippen molar-refractivity contribution in [2.24, 2.45) is 5.41 Å². The van der Waals surface area contributed by atoms with Crippen molar-refractivity contribution in [1.82, 2.24) is 5.32 Å². The fourth-order valence-electron chi connectivity index (χ4n) is 2.95. The summed E-state index contributed by atoms with van der Waals surface area (Å²) in [7, 11) is 0. The van der Waals surface area contributed by atoms with Crippen LogP contribution >= 0.6 is 0 Å². The normalized spacial score (nSPS) is 24.1. The van der Waals surface area contributed by atoms with E-state index in [4.69, 9.17) is 4.74 Å². The van der Waals surface area contributed by atoms with E-state index < -0.39 is 5.41 Å². The molecule has 0 spiro atoms. The molecule has 1 heterocycles. The Morgan fingerprint density at radius 3 is 2.73 bits per heavy atom. The molecule has 22 heavy (non-hydrogen) atoms. The first-order chi connectivity index (χ1) is 10.6. The maximum atomic E-state index is 12.5. The number of benzene rings is 1. The molecule has 0 aliphatic carbocycles. The molecule has 2 rings (SSSR count). The zero-order valence-electron chi connectivity index (χ0n) is 13.4. The Morgan fingerprint density at radius 2 is 2.05 bits per heavy atom. The molecule has 4 heteroatoms. The topological polar surface area (TPSA) is 55.4 Å². The van der Waals surface area contributed by atoms with Crippen LogP contribution in [0.25, 0.3) is 0 Å². The summed E-state index contributed by atoms with van der Waals surface area (Å²) >= 11 is 0. The first-order valence-electron chi connectivity index (χ1n) is 8.07. The van der Waals surface area contributed by atoms with Crippen molar-refractivity contribution in [3.8, 4) is 0 Å². The number of nitrogens with one attached hydrogen (secondary N) is 1. The summed E-state index contributed by atoms with van der Waals surface area (Å²) in [5.41, 5.74) is 0.207. The molecule has 2 atom stereocenters. The zero-order chi connectivity index (χ0) is 16.0. The Balaban J connectivity index is 1.96. The Hall–Kier alpha value is -1.84. The van der Waals surface area contributed by atoms with E-state index in [9.17, 15) is 9.59 Å². The predicted octanol–water partition coefficient (Wildman–Crippen LogP) is 3.20. The van der Waals surface area contributed by atoms with Crippen molar-refractivity contribution in [3.63, 3.8) is 0 Å². The second kappa shape index (κ2) is 7.43. The van der Waals surface area contributed by atoms with Gasteiger partial charge in [-0.15, -0.1) is 0 Å². The molecule has 1 N–H and O–H groups in total. The second-order valence-electron chi connectivity index (χ2n) is 6.27. The van der Waals surface area contributed by atoms with Crippen LogP contribution in [0.15, 0.2) is 30.3 Å². The van der Waals surface area contributed by atoms with Crippen molar-refractivity contribution >= 4 is 11.9 Å². The van der Waals surface area contributed by atoms with E-state index >= 15 is 0 Å². The van der Waals surface area contributed by atoms with Gasteiger partial charge >= 0.3 is 5.97 Å². The van der Waals surface area contributed by atoms with E-state index in [0.29, 0.717) is 0 Å². The fraction of sp³-hybridized carbons (Fsp3) is 0.556. The first kappa shape index (κ1) is 16.5. The van der Waals surface area contributed by atoms with Gasteiger partial charge in [0.25, 0.3) is 0 Å². The molecule has 1 aliphatic rings. The van der Waals surface area contributed by atoms with Gasteiger partial charge in [-0.3, -0.25) is 9.59 Å². The molecule has 4 nitrogen and oxygen atoms in total. The highest BCUT2D eigenvalue weighted by atomic mass is 16.5. The van der Waals surface area contributed by atoms with E-state index in [2.05, 4.69) is 12.2 Å². The largest absolute Gasteiger partial charge is 0.460 e. The molecular weight excluding hydrogens is 278 g/mol. The Morgan fingerprint density at radius 1 is 1.32 bits per heavy atom. The smallest absolute Gasteiger partial charge is 0.314 e. The van der Waals surface area contributed by atoms with E-state index in [-0.39, 0.29) is 30.9 Å². The van der Waals surface area contributed by atoms with Gasteiger partial charge in [0.05, 0.1) is 5.41 Å². The lowest BCUT2D eigenvalue weighted by molar-refractivity contribution is -0.157. The SMILES string of the molecule is CCCCC[C@H]1NC(=O)C[C@]1(C)C(=O)OCc1ccccc1. The third-order valence-corrected chi connectivity index (χ3v) is 4.41. The van der Waals surface area contributed by atoms with E-state index in [0.717, 1.165) is 31.2 Å². The molecule has 0 radical (unpaired) electrons. The van der Waals surface area contributed by atoms with Gasteiger partial charge in [-0.25, -0.2) is 0 Å². The number of esters is 1. The maximum Gasteiger partial charge on any atom is 0.314 e. The molecule has 0 aromatic heterocycles. The summed E-state index contributed by atoms with van der Waals surface area (Å²) in [5.74, 6) is -0.336. The minimum Gasteiger partial charge on any atom is -0.460 e. The number of amides is 1. The maximum absolute atomic E-state index is 12.5. The summed E-state index contributed by atoms with van der Waals surface area (Å²) in [6, 6.07) is 9.49. The van der Waals surface area contributed by atoms with Gasteiger partial charge in [-0.05, 0) is 18.9 Å². The van der Waals surface area contributed by atoms with Gasteiger partial charge < -0.3 is 10.1 Å². The van der Waals surface area contributed by atoms with Gasteiger partial charge in [0.2, 0.25) is 5.91 Å². The third-order valence-electron chi connectivity index (χ3n) is 4.41. The average Bonchev–Trinajstić information content (AvgIpc) is 2.81. The fourth-order valence-corrected chi connectivity index (χ4v) is 2.95. The summed E-state index contributed by atoms with van der Waals surface area (Å²) in [5, 5.41) is 2.94. The van der Waals surface area contributed by atoms with Crippen molar-refractivity contribution in [2.75, 3.05) is 0 Å². The second-order valence-corrected chi connectivity index (χ2v) is 6.27. The molecule has 0 bridgehead atoms. The lowest BCUT2D eigenvalue weighted by atomic mass is 9.80. The zero-order valence-corrected chi connectivity index (χ0v) is 13.4. The summed E-state index contributed by atoms with van der Waals surface area (Å²) in [4.78, 5) is 24.3. The number of rotatable bonds is 7.